The molecule has 1 saturated heterocycles. The van der Waals surface area contributed by atoms with E-state index >= 15 is 0 Å². The summed E-state index contributed by atoms with van der Waals surface area (Å²) in [7, 11) is 0. The summed E-state index contributed by atoms with van der Waals surface area (Å²) in [6.45, 7) is 0.189. The average Bonchev–Trinajstić information content (AvgIpc) is 3.27. The van der Waals surface area contributed by atoms with Crippen molar-refractivity contribution >= 4 is 11.9 Å². The SMILES string of the molecule is O=C1C[C@@H]2[C@@H](CCC(O)COc3ccccc3)[C@H](OC(=O)c3ccccc3)C[C@@H]2O1. The normalized spacial score (nSPS) is 26.0. The van der Waals surface area contributed by atoms with Gasteiger partial charge in [-0.3, -0.25) is 4.79 Å². The third-order valence-corrected chi connectivity index (χ3v) is 5.94. The fourth-order valence-corrected chi connectivity index (χ4v) is 4.45. The third kappa shape index (κ3) is 4.82. The minimum atomic E-state index is -0.646. The van der Waals surface area contributed by atoms with Gasteiger partial charge in [0.2, 0.25) is 0 Å². The first kappa shape index (κ1) is 20.4. The van der Waals surface area contributed by atoms with Gasteiger partial charge in [-0.05, 0) is 37.1 Å². The maximum Gasteiger partial charge on any atom is 0.338 e. The van der Waals surface area contributed by atoms with Gasteiger partial charge < -0.3 is 19.3 Å². The quantitative estimate of drug-likeness (QED) is 0.672. The van der Waals surface area contributed by atoms with Gasteiger partial charge in [0, 0.05) is 18.3 Å². The highest BCUT2D eigenvalue weighted by Crippen LogP contribution is 2.45. The van der Waals surface area contributed by atoms with Crippen molar-refractivity contribution < 1.29 is 28.9 Å². The number of para-hydroxylation sites is 1. The van der Waals surface area contributed by atoms with Crippen LogP contribution in [0.25, 0.3) is 0 Å². The van der Waals surface area contributed by atoms with Gasteiger partial charge in [0.25, 0.3) is 0 Å². The van der Waals surface area contributed by atoms with Crippen LogP contribution in [0.4, 0.5) is 0 Å². The molecule has 0 aromatic heterocycles. The Morgan fingerprint density at radius 3 is 2.53 bits per heavy atom. The van der Waals surface area contributed by atoms with Crippen molar-refractivity contribution in [3.63, 3.8) is 0 Å². The highest BCUT2D eigenvalue weighted by molar-refractivity contribution is 5.89. The number of ether oxygens (including phenoxy) is 3. The number of esters is 2. The van der Waals surface area contributed by atoms with E-state index in [1.165, 1.54) is 0 Å². The van der Waals surface area contributed by atoms with Crippen molar-refractivity contribution in [3.8, 4) is 5.75 Å². The van der Waals surface area contributed by atoms with Crippen LogP contribution < -0.4 is 4.74 Å². The van der Waals surface area contributed by atoms with Gasteiger partial charge in [-0.25, -0.2) is 4.79 Å². The number of carbonyl (C=O) groups is 2. The molecule has 5 atom stereocenters. The number of rotatable bonds is 8. The first-order valence-electron chi connectivity index (χ1n) is 10.4. The molecule has 4 rings (SSSR count). The summed E-state index contributed by atoms with van der Waals surface area (Å²) < 4.78 is 16.8. The van der Waals surface area contributed by atoms with E-state index in [9.17, 15) is 14.7 Å². The molecule has 0 radical (unpaired) electrons. The topological polar surface area (TPSA) is 82.1 Å². The molecule has 1 N–H and O–H groups in total. The summed E-state index contributed by atoms with van der Waals surface area (Å²) in [4.78, 5) is 24.3. The molecule has 2 aliphatic rings. The standard InChI is InChI=1S/C24H26O6/c25-17(15-28-18-9-5-2-6-10-18)11-12-19-20-13-23(26)29-22(20)14-21(19)30-24(27)16-7-3-1-4-8-16/h1-10,17,19-22,25H,11-15H2/t17?,19-,20-,21-,22+/m1/s1. The predicted molar refractivity (Wildman–Crippen MR) is 109 cm³/mol. The summed E-state index contributed by atoms with van der Waals surface area (Å²) in [6, 6.07) is 18.2. The average molecular weight is 410 g/mol. The van der Waals surface area contributed by atoms with Crippen molar-refractivity contribution in [3.05, 3.63) is 66.2 Å². The van der Waals surface area contributed by atoms with Crippen LogP contribution in [0.1, 0.15) is 36.0 Å². The van der Waals surface area contributed by atoms with Crippen LogP contribution in [-0.4, -0.2) is 42.0 Å². The van der Waals surface area contributed by atoms with Gasteiger partial charge in [0.15, 0.2) is 0 Å². The second-order valence-corrected chi connectivity index (χ2v) is 7.96. The second kappa shape index (κ2) is 9.30. The summed E-state index contributed by atoms with van der Waals surface area (Å²) in [5, 5.41) is 10.4. The Morgan fingerprint density at radius 2 is 1.80 bits per heavy atom. The molecule has 6 heteroatoms. The van der Waals surface area contributed by atoms with Gasteiger partial charge in [-0.15, -0.1) is 0 Å². The summed E-state index contributed by atoms with van der Waals surface area (Å²) >= 11 is 0. The van der Waals surface area contributed by atoms with Gasteiger partial charge >= 0.3 is 11.9 Å². The molecule has 6 nitrogen and oxygen atoms in total. The molecule has 30 heavy (non-hydrogen) atoms. The Morgan fingerprint density at radius 1 is 1.10 bits per heavy atom. The molecular formula is C24H26O6. The maximum atomic E-state index is 12.5. The van der Waals surface area contributed by atoms with Gasteiger partial charge in [0.1, 0.15) is 24.6 Å². The lowest BCUT2D eigenvalue weighted by molar-refractivity contribution is -0.141. The van der Waals surface area contributed by atoms with Crippen LogP contribution in [0, 0.1) is 11.8 Å². The fourth-order valence-electron chi connectivity index (χ4n) is 4.45. The predicted octanol–water partition coefficient (Wildman–Crippen LogP) is 3.38. The van der Waals surface area contributed by atoms with E-state index in [1.54, 1.807) is 24.3 Å². The number of hydrogen-bond donors (Lipinski definition) is 1. The second-order valence-electron chi connectivity index (χ2n) is 7.96. The molecule has 1 saturated carbocycles. The Kier molecular flexibility index (Phi) is 6.33. The molecule has 1 aliphatic carbocycles. The molecule has 2 fully saturated rings. The van der Waals surface area contributed by atoms with Crippen LogP contribution in [0.3, 0.4) is 0 Å². The minimum Gasteiger partial charge on any atom is -0.491 e. The molecule has 2 aromatic carbocycles. The van der Waals surface area contributed by atoms with E-state index < -0.39 is 6.10 Å². The van der Waals surface area contributed by atoms with Crippen LogP contribution in [-0.2, 0) is 14.3 Å². The lowest BCUT2D eigenvalue weighted by atomic mass is 9.87. The van der Waals surface area contributed by atoms with E-state index in [4.69, 9.17) is 14.2 Å². The zero-order valence-electron chi connectivity index (χ0n) is 16.7. The molecule has 2 aromatic rings. The summed E-state index contributed by atoms with van der Waals surface area (Å²) in [5.74, 6) is 0.136. The van der Waals surface area contributed by atoms with Gasteiger partial charge in [0.05, 0.1) is 18.1 Å². The molecule has 0 bridgehead atoms. The summed E-state index contributed by atoms with van der Waals surface area (Å²) in [5.41, 5.74) is 0.501. The number of aliphatic hydroxyl groups is 1. The number of carbonyl (C=O) groups excluding carboxylic acids is 2. The van der Waals surface area contributed by atoms with Crippen LogP contribution in [0.5, 0.6) is 5.75 Å². The maximum absolute atomic E-state index is 12.5. The number of benzene rings is 2. The molecular weight excluding hydrogens is 384 g/mol. The van der Waals surface area contributed by atoms with Crippen molar-refractivity contribution in [2.75, 3.05) is 6.61 Å². The monoisotopic (exact) mass is 410 g/mol. The van der Waals surface area contributed by atoms with E-state index in [0.29, 0.717) is 37.0 Å². The molecule has 1 unspecified atom stereocenters. The van der Waals surface area contributed by atoms with E-state index in [-0.39, 0.29) is 42.6 Å². The van der Waals surface area contributed by atoms with Gasteiger partial charge in [-0.2, -0.15) is 0 Å². The third-order valence-electron chi connectivity index (χ3n) is 5.94. The van der Waals surface area contributed by atoms with E-state index in [1.807, 2.05) is 36.4 Å². The van der Waals surface area contributed by atoms with Crippen molar-refractivity contribution in [1.82, 2.24) is 0 Å². The first-order chi connectivity index (χ1) is 14.6. The molecule has 1 heterocycles. The Balaban J connectivity index is 1.35. The van der Waals surface area contributed by atoms with Crippen LogP contribution in [0.2, 0.25) is 0 Å². The number of fused-ring (bicyclic) bond motifs is 1. The molecule has 0 amide bonds. The zero-order chi connectivity index (χ0) is 20.9. The Bertz CT molecular complexity index is 853. The smallest absolute Gasteiger partial charge is 0.338 e. The number of hydrogen-bond acceptors (Lipinski definition) is 6. The van der Waals surface area contributed by atoms with E-state index in [0.717, 1.165) is 0 Å². The lowest BCUT2D eigenvalue weighted by Crippen LogP contribution is -2.28. The Hall–Kier alpha value is -2.86. The zero-order valence-corrected chi connectivity index (χ0v) is 16.7. The highest BCUT2D eigenvalue weighted by Gasteiger charge is 2.51. The Labute approximate surface area is 175 Å². The molecule has 158 valence electrons. The largest absolute Gasteiger partial charge is 0.491 e. The highest BCUT2D eigenvalue weighted by atomic mass is 16.6. The molecule has 1 aliphatic heterocycles. The van der Waals surface area contributed by atoms with Crippen LogP contribution >= 0.6 is 0 Å². The van der Waals surface area contributed by atoms with Gasteiger partial charge in [-0.1, -0.05) is 36.4 Å². The minimum absolute atomic E-state index is 0.0216. The molecule has 0 spiro atoms. The first-order valence-corrected chi connectivity index (χ1v) is 10.4. The fraction of sp³-hybridized carbons (Fsp3) is 0.417. The van der Waals surface area contributed by atoms with Crippen molar-refractivity contribution in [1.29, 1.82) is 0 Å². The summed E-state index contributed by atoms with van der Waals surface area (Å²) in [6.07, 6.45) is 0.782. The number of aliphatic hydroxyl groups excluding tert-OH is 1. The van der Waals surface area contributed by atoms with Crippen molar-refractivity contribution in [2.24, 2.45) is 11.8 Å². The lowest BCUT2D eigenvalue weighted by Gasteiger charge is -2.24. The van der Waals surface area contributed by atoms with Crippen molar-refractivity contribution in [2.45, 2.75) is 44.0 Å². The van der Waals surface area contributed by atoms with Crippen LogP contribution in [0.15, 0.2) is 60.7 Å². The van der Waals surface area contributed by atoms with E-state index in [2.05, 4.69) is 0 Å².